The maximum atomic E-state index is 13.7. The summed E-state index contributed by atoms with van der Waals surface area (Å²) in [5, 5.41) is 4.97. The third-order valence-electron chi connectivity index (χ3n) is 7.01. The maximum Gasteiger partial charge on any atom is 0.259 e. The molecule has 1 atom stereocenters. The monoisotopic (exact) mass is 455 g/mol. The molecule has 0 unspecified atom stereocenters. The number of nitrogens with zero attached hydrogens (tertiary/aromatic N) is 2. The number of hydrogen-bond acceptors (Lipinski definition) is 3. The highest BCUT2D eigenvalue weighted by atomic mass is 16.2. The van der Waals surface area contributed by atoms with E-state index in [-0.39, 0.29) is 30.3 Å². The van der Waals surface area contributed by atoms with Crippen LogP contribution in [0.15, 0.2) is 66.7 Å². The van der Waals surface area contributed by atoms with Gasteiger partial charge in [-0.2, -0.15) is 0 Å². The van der Waals surface area contributed by atoms with Crippen molar-refractivity contribution in [2.75, 3.05) is 11.4 Å². The normalized spacial score (nSPS) is 16.1. The molecule has 34 heavy (non-hydrogen) atoms. The third kappa shape index (κ3) is 4.16. The van der Waals surface area contributed by atoms with Gasteiger partial charge < -0.3 is 10.2 Å². The molecule has 174 valence electrons. The van der Waals surface area contributed by atoms with Crippen LogP contribution >= 0.6 is 0 Å². The first-order valence-corrected chi connectivity index (χ1v) is 12.0. The van der Waals surface area contributed by atoms with Crippen LogP contribution in [0.3, 0.4) is 0 Å². The van der Waals surface area contributed by atoms with Crippen molar-refractivity contribution < 1.29 is 14.4 Å². The van der Waals surface area contributed by atoms with Crippen LogP contribution < -0.4 is 10.2 Å². The highest BCUT2D eigenvalue weighted by Gasteiger charge is 2.34. The van der Waals surface area contributed by atoms with Gasteiger partial charge in [-0.25, -0.2) is 0 Å². The average Bonchev–Trinajstić information content (AvgIpc) is 3.46. The van der Waals surface area contributed by atoms with Crippen molar-refractivity contribution in [3.8, 4) is 0 Å². The SMILES string of the molecule is C[C@H](C(=O)NC1CCCC1)N(Cc1ccccc1)C(=O)CN1C(=O)c2cccc3cccc1c23. The summed E-state index contributed by atoms with van der Waals surface area (Å²) in [6, 6.07) is 20.6. The zero-order valence-corrected chi connectivity index (χ0v) is 19.4. The molecule has 1 heterocycles. The molecular weight excluding hydrogens is 426 g/mol. The van der Waals surface area contributed by atoms with Gasteiger partial charge in [0.2, 0.25) is 11.8 Å². The van der Waals surface area contributed by atoms with Gasteiger partial charge in [0.1, 0.15) is 12.6 Å². The van der Waals surface area contributed by atoms with E-state index in [4.69, 9.17) is 0 Å². The summed E-state index contributed by atoms with van der Waals surface area (Å²) in [5.74, 6) is -0.576. The molecular formula is C28H29N3O3. The molecule has 1 saturated carbocycles. The van der Waals surface area contributed by atoms with Gasteiger partial charge in [0, 0.05) is 23.5 Å². The molecule has 0 spiro atoms. The lowest BCUT2D eigenvalue weighted by molar-refractivity contribution is -0.139. The molecule has 3 amide bonds. The molecule has 2 aliphatic rings. The average molecular weight is 456 g/mol. The molecule has 6 nitrogen and oxygen atoms in total. The molecule has 6 heteroatoms. The standard InChI is InChI=1S/C28H29N3O3/c1-19(27(33)29-22-13-5-6-14-22)30(17-20-9-3-2-4-10-20)25(32)18-31-24-16-8-12-21-11-7-15-23(26(21)24)28(31)34/h2-4,7-12,15-16,19,22H,5-6,13-14,17-18H2,1H3,(H,29,33)/t19-/m1/s1. The van der Waals surface area contributed by atoms with E-state index in [1.165, 1.54) is 0 Å². The summed E-state index contributed by atoms with van der Waals surface area (Å²) in [6.07, 6.45) is 4.20. The lowest BCUT2D eigenvalue weighted by atomic mass is 10.1. The van der Waals surface area contributed by atoms with E-state index >= 15 is 0 Å². The summed E-state index contributed by atoms with van der Waals surface area (Å²) < 4.78 is 0. The third-order valence-corrected chi connectivity index (χ3v) is 7.01. The number of hydrogen-bond donors (Lipinski definition) is 1. The van der Waals surface area contributed by atoms with E-state index in [1.807, 2.05) is 60.7 Å². The zero-order valence-electron chi connectivity index (χ0n) is 19.4. The molecule has 0 bridgehead atoms. The van der Waals surface area contributed by atoms with Crippen molar-refractivity contribution in [1.82, 2.24) is 10.2 Å². The van der Waals surface area contributed by atoms with E-state index in [0.29, 0.717) is 12.1 Å². The number of carbonyl (C=O) groups excluding carboxylic acids is 3. The van der Waals surface area contributed by atoms with E-state index in [0.717, 1.165) is 47.7 Å². The Bertz CT molecular complexity index is 1230. The lowest BCUT2D eigenvalue weighted by Crippen LogP contribution is -2.52. The van der Waals surface area contributed by atoms with Crippen LogP contribution in [0.5, 0.6) is 0 Å². The van der Waals surface area contributed by atoms with Gasteiger partial charge in [0.15, 0.2) is 0 Å². The fourth-order valence-corrected chi connectivity index (χ4v) is 5.12. The van der Waals surface area contributed by atoms with E-state index in [1.54, 1.807) is 22.8 Å². The second-order valence-electron chi connectivity index (χ2n) is 9.25. The van der Waals surface area contributed by atoms with Gasteiger partial charge in [0.05, 0.1) is 5.69 Å². The van der Waals surface area contributed by atoms with Gasteiger partial charge in [-0.05, 0) is 42.8 Å². The highest BCUT2D eigenvalue weighted by Crippen LogP contribution is 2.37. The minimum absolute atomic E-state index is 0.111. The molecule has 1 aliphatic heterocycles. The Kier molecular flexibility index (Phi) is 6.05. The summed E-state index contributed by atoms with van der Waals surface area (Å²) in [5.41, 5.74) is 2.30. The number of rotatable bonds is 7. The van der Waals surface area contributed by atoms with Crippen molar-refractivity contribution in [2.24, 2.45) is 0 Å². The fraction of sp³-hybridized carbons (Fsp3) is 0.321. The number of amides is 3. The quantitative estimate of drug-likeness (QED) is 0.578. The number of carbonyl (C=O) groups is 3. The summed E-state index contributed by atoms with van der Waals surface area (Å²) >= 11 is 0. The molecule has 0 saturated heterocycles. The smallest absolute Gasteiger partial charge is 0.259 e. The minimum Gasteiger partial charge on any atom is -0.352 e. The van der Waals surface area contributed by atoms with Gasteiger partial charge in [-0.3, -0.25) is 19.3 Å². The highest BCUT2D eigenvalue weighted by molar-refractivity contribution is 6.26. The van der Waals surface area contributed by atoms with E-state index < -0.39 is 6.04 Å². The van der Waals surface area contributed by atoms with Crippen molar-refractivity contribution in [2.45, 2.75) is 51.2 Å². The van der Waals surface area contributed by atoms with Crippen molar-refractivity contribution in [3.63, 3.8) is 0 Å². The Morgan fingerprint density at radius 2 is 1.71 bits per heavy atom. The summed E-state index contributed by atoms with van der Waals surface area (Å²) in [7, 11) is 0. The molecule has 3 aromatic rings. The molecule has 0 aromatic heterocycles. The van der Waals surface area contributed by atoms with Gasteiger partial charge in [-0.15, -0.1) is 0 Å². The van der Waals surface area contributed by atoms with Crippen molar-refractivity contribution >= 4 is 34.2 Å². The largest absolute Gasteiger partial charge is 0.352 e. The Morgan fingerprint density at radius 3 is 2.44 bits per heavy atom. The van der Waals surface area contributed by atoms with Crippen LogP contribution in [-0.4, -0.2) is 41.2 Å². The molecule has 3 aromatic carbocycles. The first-order valence-electron chi connectivity index (χ1n) is 12.0. The van der Waals surface area contributed by atoms with Gasteiger partial charge in [-0.1, -0.05) is 67.4 Å². The fourth-order valence-electron chi connectivity index (χ4n) is 5.12. The maximum absolute atomic E-state index is 13.7. The Hall–Kier alpha value is -3.67. The number of nitrogens with one attached hydrogen (secondary N) is 1. The predicted octanol–water partition coefficient (Wildman–Crippen LogP) is 4.28. The topological polar surface area (TPSA) is 69.7 Å². The van der Waals surface area contributed by atoms with Crippen molar-refractivity contribution in [1.29, 1.82) is 0 Å². The van der Waals surface area contributed by atoms with E-state index in [2.05, 4.69) is 5.32 Å². The lowest BCUT2D eigenvalue weighted by Gasteiger charge is -2.31. The van der Waals surface area contributed by atoms with E-state index in [9.17, 15) is 14.4 Å². The van der Waals surface area contributed by atoms with Crippen molar-refractivity contribution in [3.05, 3.63) is 77.9 Å². The molecule has 1 N–H and O–H groups in total. The Labute approximate surface area is 199 Å². The van der Waals surface area contributed by atoms with Crippen LogP contribution in [0.25, 0.3) is 10.8 Å². The summed E-state index contributed by atoms with van der Waals surface area (Å²) in [6.45, 7) is 1.96. The zero-order chi connectivity index (χ0) is 23.7. The molecule has 1 fully saturated rings. The Balaban J connectivity index is 1.40. The predicted molar refractivity (Wildman–Crippen MR) is 132 cm³/mol. The number of anilines is 1. The molecule has 0 radical (unpaired) electrons. The van der Waals surface area contributed by atoms with Crippen LogP contribution in [0.2, 0.25) is 0 Å². The second kappa shape index (κ2) is 9.29. The van der Waals surface area contributed by atoms with Gasteiger partial charge in [0.25, 0.3) is 5.91 Å². The Morgan fingerprint density at radius 1 is 1.00 bits per heavy atom. The van der Waals surface area contributed by atoms with Crippen LogP contribution in [0, 0.1) is 0 Å². The van der Waals surface area contributed by atoms with Crippen LogP contribution in [-0.2, 0) is 16.1 Å². The summed E-state index contributed by atoms with van der Waals surface area (Å²) in [4.78, 5) is 43.1. The molecule has 5 rings (SSSR count). The second-order valence-corrected chi connectivity index (χ2v) is 9.25. The van der Waals surface area contributed by atoms with Gasteiger partial charge >= 0.3 is 0 Å². The van der Waals surface area contributed by atoms with Crippen LogP contribution in [0.1, 0.15) is 48.5 Å². The minimum atomic E-state index is -0.649. The first-order chi connectivity index (χ1) is 16.5. The molecule has 1 aliphatic carbocycles. The first kappa shape index (κ1) is 22.1. The number of benzene rings is 3. The van der Waals surface area contributed by atoms with Crippen LogP contribution in [0.4, 0.5) is 5.69 Å².